The first-order valence-corrected chi connectivity index (χ1v) is 11.2. The quantitative estimate of drug-likeness (QED) is 0.181. The minimum atomic E-state index is -0.532. The highest BCUT2D eigenvalue weighted by Crippen LogP contribution is 2.35. The first-order valence-electron chi connectivity index (χ1n) is 11.2. The number of carbonyl (C=O) groups excluding carboxylic acids is 2. The summed E-state index contributed by atoms with van der Waals surface area (Å²) < 4.78 is 10.8. The van der Waals surface area contributed by atoms with Crippen LogP contribution in [0.2, 0.25) is 0 Å². The number of hydrogen-bond donors (Lipinski definition) is 0. The fourth-order valence-electron chi connectivity index (χ4n) is 3.56. The molecule has 2 atom stereocenters. The van der Waals surface area contributed by atoms with Gasteiger partial charge in [0.2, 0.25) is 0 Å². The molecule has 28 heavy (non-hydrogen) atoms. The Kier molecular flexibility index (Phi) is 14.0. The molecular weight excluding hydrogens is 352 g/mol. The summed E-state index contributed by atoms with van der Waals surface area (Å²) in [6.07, 6.45) is 9.22. The van der Waals surface area contributed by atoms with Gasteiger partial charge in [-0.3, -0.25) is 9.59 Å². The predicted octanol–water partition coefficient (Wildman–Crippen LogP) is 6.48. The van der Waals surface area contributed by atoms with Gasteiger partial charge in [0.15, 0.2) is 0 Å². The molecule has 0 heterocycles. The Morgan fingerprint density at radius 3 is 2.04 bits per heavy atom. The smallest absolute Gasteiger partial charge is 0.310 e. The molecule has 0 amide bonds. The maximum Gasteiger partial charge on any atom is 0.310 e. The van der Waals surface area contributed by atoms with Gasteiger partial charge >= 0.3 is 11.9 Å². The van der Waals surface area contributed by atoms with Crippen LogP contribution in [0.3, 0.4) is 0 Å². The minimum absolute atomic E-state index is 0.0654. The minimum Gasteiger partial charge on any atom is -0.466 e. The van der Waals surface area contributed by atoms with Crippen LogP contribution in [-0.2, 0) is 19.1 Å². The van der Waals surface area contributed by atoms with Crippen LogP contribution in [0.1, 0.15) is 99.8 Å². The monoisotopic (exact) mass is 396 g/mol. The van der Waals surface area contributed by atoms with Gasteiger partial charge in [-0.1, -0.05) is 78.9 Å². The summed E-state index contributed by atoms with van der Waals surface area (Å²) in [4.78, 5) is 25.1. The zero-order chi connectivity index (χ0) is 21.6. The second-order valence-electron chi connectivity index (χ2n) is 8.76. The number of ether oxygens (including phenoxy) is 2. The van der Waals surface area contributed by atoms with Crippen molar-refractivity contribution in [1.82, 2.24) is 0 Å². The SMILES string of the molecule is CCCCOC(=O)C[C@H](C(=O)OCCCC)C(C)(C)/C=C(/C)C[C@@H](C)CCC. The molecule has 0 aliphatic carbocycles. The maximum atomic E-state index is 12.8. The number of esters is 2. The van der Waals surface area contributed by atoms with Crippen LogP contribution in [0.15, 0.2) is 11.6 Å². The summed E-state index contributed by atoms with van der Waals surface area (Å²) in [5.41, 5.74) is 0.792. The van der Waals surface area contributed by atoms with Crippen molar-refractivity contribution in [2.24, 2.45) is 17.3 Å². The molecule has 4 heteroatoms. The van der Waals surface area contributed by atoms with Gasteiger partial charge in [-0.05, 0) is 37.5 Å². The highest BCUT2D eigenvalue weighted by atomic mass is 16.5. The Morgan fingerprint density at radius 1 is 0.929 bits per heavy atom. The normalized spacial score (nSPS) is 14.5. The van der Waals surface area contributed by atoms with Crippen molar-refractivity contribution in [3.63, 3.8) is 0 Å². The molecule has 0 N–H and O–H groups in total. The highest BCUT2D eigenvalue weighted by Gasteiger charge is 2.37. The molecule has 0 aromatic rings. The Hall–Kier alpha value is -1.32. The molecular formula is C24H44O4. The molecule has 0 spiro atoms. The van der Waals surface area contributed by atoms with E-state index >= 15 is 0 Å². The summed E-state index contributed by atoms with van der Waals surface area (Å²) in [7, 11) is 0. The average molecular weight is 397 g/mol. The van der Waals surface area contributed by atoms with Crippen LogP contribution in [0.4, 0.5) is 0 Å². The third-order valence-electron chi connectivity index (χ3n) is 5.13. The van der Waals surface area contributed by atoms with Crippen LogP contribution in [0.5, 0.6) is 0 Å². The first kappa shape index (κ1) is 26.7. The van der Waals surface area contributed by atoms with E-state index in [2.05, 4.69) is 40.7 Å². The lowest BCUT2D eigenvalue weighted by molar-refractivity contribution is -0.158. The molecule has 0 aliphatic rings. The van der Waals surface area contributed by atoms with Gasteiger partial charge in [-0.15, -0.1) is 0 Å². The largest absolute Gasteiger partial charge is 0.466 e. The van der Waals surface area contributed by atoms with E-state index in [1.165, 1.54) is 18.4 Å². The fraction of sp³-hybridized carbons (Fsp3) is 0.833. The molecule has 0 bridgehead atoms. The first-order chi connectivity index (χ1) is 13.2. The van der Waals surface area contributed by atoms with Crippen LogP contribution < -0.4 is 0 Å². The molecule has 0 fully saturated rings. The van der Waals surface area contributed by atoms with Crippen molar-refractivity contribution < 1.29 is 19.1 Å². The molecule has 0 radical (unpaired) electrons. The van der Waals surface area contributed by atoms with E-state index in [1.807, 2.05) is 13.8 Å². The van der Waals surface area contributed by atoms with Gasteiger partial charge in [0.1, 0.15) is 0 Å². The highest BCUT2D eigenvalue weighted by molar-refractivity contribution is 5.81. The van der Waals surface area contributed by atoms with E-state index in [9.17, 15) is 9.59 Å². The van der Waals surface area contributed by atoms with E-state index in [0.717, 1.165) is 32.1 Å². The average Bonchev–Trinajstić information content (AvgIpc) is 2.59. The number of hydrogen-bond acceptors (Lipinski definition) is 4. The van der Waals surface area contributed by atoms with Crippen LogP contribution in [0, 0.1) is 17.3 Å². The van der Waals surface area contributed by atoms with Gasteiger partial charge in [0.05, 0.1) is 25.6 Å². The van der Waals surface area contributed by atoms with Gasteiger partial charge in [0.25, 0.3) is 0 Å². The van der Waals surface area contributed by atoms with Gasteiger partial charge in [-0.25, -0.2) is 0 Å². The van der Waals surface area contributed by atoms with E-state index in [-0.39, 0.29) is 18.4 Å². The predicted molar refractivity (Wildman–Crippen MR) is 116 cm³/mol. The van der Waals surface area contributed by atoms with Crippen molar-refractivity contribution in [1.29, 1.82) is 0 Å². The van der Waals surface area contributed by atoms with Crippen LogP contribution in [-0.4, -0.2) is 25.2 Å². The summed E-state index contributed by atoms with van der Waals surface area (Å²) in [6.45, 7) is 15.5. The summed E-state index contributed by atoms with van der Waals surface area (Å²) in [5.74, 6) is -0.526. The third kappa shape index (κ3) is 11.5. The Morgan fingerprint density at radius 2 is 1.50 bits per heavy atom. The second kappa shape index (κ2) is 14.6. The number of rotatable bonds is 15. The van der Waals surface area contributed by atoms with Crippen molar-refractivity contribution >= 4 is 11.9 Å². The molecule has 164 valence electrons. The number of carbonyl (C=O) groups is 2. The molecule has 0 unspecified atom stereocenters. The van der Waals surface area contributed by atoms with E-state index in [1.54, 1.807) is 0 Å². The lowest BCUT2D eigenvalue weighted by Gasteiger charge is -2.30. The van der Waals surface area contributed by atoms with Crippen LogP contribution in [0.25, 0.3) is 0 Å². The number of unbranched alkanes of at least 4 members (excludes halogenated alkanes) is 2. The van der Waals surface area contributed by atoms with E-state index in [0.29, 0.717) is 19.1 Å². The molecule has 0 rings (SSSR count). The lowest BCUT2D eigenvalue weighted by atomic mass is 9.75. The Bertz CT molecular complexity index is 479. The van der Waals surface area contributed by atoms with E-state index < -0.39 is 11.3 Å². The molecule has 0 saturated carbocycles. The molecule has 0 aromatic heterocycles. The maximum absolute atomic E-state index is 12.8. The Labute approximate surface area is 173 Å². The van der Waals surface area contributed by atoms with Crippen molar-refractivity contribution in [2.75, 3.05) is 13.2 Å². The van der Waals surface area contributed by atoms with Crippen molar-refractivity contribution in [2.45, 2.75) is 99.8 Å². The molecule has 0 aliphatic heterocycles. The topological polar surface area (TPSA) is 52.6 Å². The number of allylic oxidation sites excluding steroid dienone is 2. The van der Waals surface area contributed by atoms with E-state index in [4.69, 9.17) is 9.47 Å². The fourth-order valence-corrected chi connectivity index (χ4v) is 3.56. The van der Waals surface area contributed by atoms with Gasteiger partial charge < -0.3 is 9.47 Å². The van der Waals surface area contributed by atoms with Gasteiger partial charge in [0, 0.05) is 0 Å². The molecule has 4 nitrogen and oxygen atoms in total. The third-order valence-corrected chi connectivity index (χ3v) is 5.13. The van der Waals surface area contributed by atoms with Crippen LogP contribution >= 0.6 is 0 Å². The van der Waals surface area contributed by atoms with Crippen molar-refractivity contribution in [3.8, 4) is 0 Å². The summed E-state index contributed by atoms with van der Waals surface area (Å²) >= 11 is 0. The molecule has 0 aromatic carbocycles. The Balaban J connectivity index is 5.25. The summed E-state index contributed by atoms with van der Waals surface area (Å²) in [5, 5.41) is 0. The standard InChI is InChI=1S/C24H44O4/c1-8-11-14-27-22(25)17-21(23(26)28-15-12-9-2)24(6,7)18-20(5)16-19(4)13-10-3/h18-19,21H,8-17H2,1-7H3/b20-18-/t19-,21+/m0/s1. The van der Waals surface area contributed by atoms with Crippen molar-refractivity contribution in [3.05, 3.63) is 11.6 Å². The summed E-state index contributed by atoms with van der Waals surface area (Å²) in [6, 6.07) is 0. The van der Waals surface area contributed by atoms with Gasteiger partial charge in [-0.2, -0.15) is 0 Å². The zero-order valence-electron chi connectivity index (χ0n) is 19.4. The molecule has 0 saturated heterocycles. The lowest BCUT2D eigenvalue weighted by Crippen LogP contribution is -2.34. The second-order valence-corrected chi connectivity index (χ2v) is 8.76. The zero-order valence-corrected chi connectivity index (χ0v) is 19.4.